The fraction of sp³-hybridized carbons (Fsp3) is 0.667. The zero-order valence-corrected chi connectivity index (χ0v) is 5.60. The molecule has 60 valence electrons. The van der Waals surface area contributed by atoms with Gasteiger partial charge in [-0.1, -0.05) is 6.58 Å². The molecule has 3 N–H and O–H groups in total. The number of hydrogen-bond acceptors (Lipinski definition) is 4. The molecule has 0 aliphatic carbocycles. The van der Waals surface area contributed by atoms with E-state index < -0.39 is 18.8 Å². The van der Waals surface area contributed by atoms with Crippen LogP contribution in [0.1, 0.15) is 0 Å². The molecule has 0 heterocycles. The van der Waals surface area contributed by atoms with Crippen molar-refractivity contribution in [1.29, 1.82) is 0 Å². The van der Waals surface area contributed by atoms with Crippen molar-refractivity contribution in [2.75, 3.05) is 13.2 Å². The molecule has 0 aromatic rings. The molecule has 0 amide bonds. The Hall–Kier alpha value is -0.580. The Balaban J connectivity index is 3.40. The molecule has 10 heavy (non-hydrogen) atoms. The first-order chi connectivity index (χ1) is 4.72. The quantitative estimate of drug-likeness (QED) is 0.431. The highest BCUT2D eigenvalue weighted by atomic mass is 16.5. The summed E-state index contributed by atoms with van der Waals surface area (Å²) in [6, 6.07) is 0. The predicted molar refractivity (Wildman–Crippen MR) is 35.2 cm³/mol. The van der Waals surface area contributed by atoms with Crippen molar-refractivity contribution >= 4 is 0 Å². The molecule has 0 bridgehead atoms. The number of aliphatic hydroxyl groups is 3. The second-order valence-corrected chi connectivity index (χ2v) is 1.82. The smallest absolute Gasteiger partial charge is 0.116 e. The zero-order valence-electron chi connectivity index (χ0n) is 5.60. The SMILES string of the molecule is C=COC[C@H](O)[C@H](O)CO. The van der Waals surface area contributed by atoms with Crippen LogP contribution in [0.4, 0.5) is 0 Å². The van der Waals surface area contributed by atoms with E-state index in [0.717, 1.165) is 6.26 Å². The molecule has 4 nitrogen and oxygen atoms in total. The molecule has 0 fully saturated rings. The first kappa shape index (κ1) is 9.42. The molecule has 0 aromatic carbocycles. The molecule has 0 spiro atoms. The summed E-state index contributed by atoms with van der Waals surface area (Å²) in [6.45, 7) is 2.72. The molecule has 0 radical (unpaired) electrons. The van der Waals surface area contributed by atoms with Gasteiger partial charge in [0.1, 0.15) is 18.8 Å². The van der Waals surface area contributed by atoms with Crippen LogP contribution in [-0.4, -0.2) is 40.7 Å². The van der Waals surface area contributed by atoms with Gasteiger partial charge in [-0.2, -0.15) is 0 Å². The zero-order chi connectivity index (χ0) is 7.98. The van der Waals surface area contributed by atoms with Gasteiger partial charge in [0, 0.05) is 0 Å². The van der Waals surface area contributed by atoms with E-state index in [1.807, 2.05) is 0 Å². The topological polar surface area (TPSA) is 69.9 Å². The van der Waals surface area contributed by atoms with Crippen molar-refractivity contribution in [3.05, 3.63) is 12.8 Å². The first-order valence-electron chi connectivity index (χ1n) is 2.92. The Bertz CT molecular complexity index is 93.7. The molecule has 0 saturated carbocycles. The van der Waals surface area contributed by atoms with Gasteiger partial charge in [0.2, 0.25) is 0 Å². The summed E-state index contributed by atoms with van der Waals surface area (Å²) >= 11 is 0. The molecule has 0 aliphatic rings. The van der Waals surface area contributed by atoms with Crippen LogP contribution >= 0.6 is 0 Å². The van der Waals surface area contributed by atoms with Crippen LogP contribution in [0, 0.1) is 0 Å². The summed E-state index contributed by atoms with van der Waals surface area (Å²) in [5.41, 5.74) is 0. The molecule has 2 atom stereocenters. The van der Waals surface area contributed by atoms with Crippen LogP contribution in [0.15, 0.2) is 12.8 Å². The average Bonchev–Trinajstić information content (AvgIpc) is 1.98. The van der Waals surface area contributed by atoms with E-state index in [9.17, 15) is 0 Å². The highest BCUT2D eigenvalue weighted by Crippen LogP contribution is 1.92. The van der Waals surface area contributed by atoms with Gasteiger partial charge in [-0.3, -0.25) is 0 Å². The Kier molecular flexibility index (Phi) is 4.92. The Morgan fingerprint density at radius 2 is 2.00 bits per heavy atom. The minimum atomic E-state index is -1.14. The molecule has 0 unspecified atom stereocenters. The number of rotatable bonds is 5. The lowest BCUT2D eigenvalue weighted by Crippen LogP contribution is -2.32. The largest absolute Gasteiger partial charge is 0.499 e. The summed E-state index contributed by atoms with van der Waals surface area (Å²) < 4.78 is 4.56. The standard InChI is InChI=1S/C6H12O4/c1-2-10-4-6(9)5(8)3-7/h2,5-9H,1,3-4H2/t5-,6+/m1/s1. The second kappa shape index (κ2) is 5.22. The Labute approximate surface area is 59.4 Å². The number of aliphatic hydroxyl groups excluding tert-OH is 3. The van der Waals surface area contributed by atoms with Crippen molar-refractivity contribution in [2.24, 2.45) is 0 Å². The van der Waals surface area contributed by atoms with Crippen LogP contribution in [-0.2, 0) is 4.74 Å². The Morgan fingerprint density at radius 1 is 1.40 bits per heavy atom. The minimum absolute atomic E-state index is 0.0504. The fourth-order valence-corrected chi connectivity index (χ4v) is 0.399. The highest BCUT2D eigenvalue weighted by molar-refractivity contribution is 4.65. The van der Waals surface area contributed by atoms with E-state index in [1.165, 1.54) is 0 Å². The predicted octanol–water partition coefficient (Wildman–Crippen LogP) is -1.14. The molecular weight excluding hydrogens is 136 g/mol. The number of hydrogen-bond donors (Lipinski definition) is 3. The Morgan fingerprint density at radius 3 is 2.40 bits per heavy atom. The molecule has 0 aromatic heterocycles. The van der Waals surface area contributed by atoms with Gasteiger partial charge in [-0.25, -0.2) is 0 Å². The molecule has 0 rings (SSSR count). The summed E-state index contributed by atoms with van der Waals surface area (Å²) in [6.07, 6.45) is -1.03. The van der Waals surface area contributed by atoms with Gasteiger partial charge in [-0.15, -0.1) is 0 Å². The van der Waals surface area contributed by atoms with Gasteiger partial charge in [0.15, 0.2) is 0 Å². The van der Waals surface area contributed by atoms with Crippen molar-refractivity contribution in [3.8, 4) is 0 Å². The summed E-state index contributed by atoms with van der Waals surface area (Å²) in [5.74, 6) is 0. The fourth-order valence-electron chi connectivity index (χ4n) is 0.399. The van der Waals surface area contributed by atoms with Crippen molar-refractivity contribution in [1.82, 2.24) is 0 Å². The van der Waals surface area contributed by atoms with E-state index in [1.54, 1.807) is 0 Å². The summed E-state index contributed by atoms with van der Waals surface area (Å²) in [4.78, 5) is 0. The summed E-state index contributed by atoms with van der Waals surface area (Å²) in [5, 5.41) is 25.9. The van der Waals surface area contributed by atoms with Crippen molar-refractivity contribution in [3.63, 3.8) is 0 Å². The third-order valence-electron chi connectivity index (χ3n) is 1.02. The first-order valence-corrected chi connectivity index (χ1v) is 2.92. The van der Waals surface area contributed by atoms with Crippen molar-refractivity contribution < 1.29 is 20.1 Å². The van der Waals surface area contributed by atoms with E-state index >= 15 is 0 Å². The van der Waals surface area contributed by atoms with Gasteiger partial charge < -0.3 is 20.1 Å². The molecule has 0 aliphatic heterocycles. The lowest BCUT2D eigenvalue weighted by molar-refractivity contribution is -0.0413. The van der Waals surface area contributed by atoms with Crippen molar-refractivity contribution in [2.45, 2.75) is 12.2 Å². The average molecular weight is 148 g/mol. The summed E-state index contributed by atoms with van der Waals surface area (Å²) in [7, 11) is 0. The monoisotopic (exact) mass is 148 g/mol. The van der Waals surface area contributed by atoms with Crippen LogP contribution in [0.2, 0.25) is 0 Å². The normalized spacial score (nSPS) is 15.9. The maximum atomic E-state index is 8.87. The third-order valence-corrected chi connectivity index (χ3v) is 1.02. The van der Waals surface area contributed by atoms with Crippen LogP contribution in [0.25, 0.3) is 0 Å². The van der Waals surface area contributed by atoms with Crippen LogP contribution in [0.5, 0.6) is 0 Å². The molecule has 0 saturated heterocycles. The minimum Gasteiger partial charge on any atom is -0.499 e. The number of ether oxygens (including phenoxy) is 1. The maximum absolute atomic E-state index is 8.87. The third kappa shape index (κ3) is 3.45. The molecular formula is C6H12O4. The van der Waals surface area contributed by atoms with Gasteiger partial charge in [-0.05, 0) is 0 Å². The molecule has 4 heteroatoms. The van der Waals surface area contributed by atoms with E-state index in [2.05, 4.69) is 11.3 Å². The lowest BCUT2D eigenvalue weighted by Gasteiger charge is -2.13. The van der Waals surface area contributed by atoms with Gasteiger partial charge in [0.25, 0.3) is 0 Å². The van der Waals surface area contributed by atoms with Crippen LogP contribution in [0.3, 0.4) is 0 Å². The van der Waals surface area contributed by atoms with Crippen LogP contribution < -0.4 is 0 Å². The highest BCUT2D eigenvalue weighted by Gasteiger charge is 2.14. The van der Waals surface area contributed by atoms with E-state index in [-0.39, 0.29) is 6.61 Å². The lowest BCUT2D eigenvalue weighted by atomic mass is 10.2. The second-order valence-electron chi connectivity index (χ2n) is 1.82. The van der Waals surface area contributed by atoms with Gasteiger partial charge in [0.05, 0.1) is 12.9 Å². The van der Waals surface area contributed by atoms with E-state index in [0.29, 0.717) is 0 Å². The van der Waals surface area contributed by atoms with Gasteiger partial charge >= 0.3 is 0 Å². The van der Waals surface area contributed by atoms with E-state index in [4.69, 9.17) is 15.3 Å². The maximum Gasteiger partial charge on any atom is 0.116 e.